The minimum atomic E-state index is -4.46. The van der Waals surface area contributed by atoms with E-state index >= 15 is 0 Å². The predicted molar refractivity (Wildman–Crippen MR) is 75.4 cm³/mol. The Labute approximate surface area is 127 Å². The monoisotopic (exact) mass is 316 g/mol. The second kappa shape index (κ2) is 8.56. The normalized spacial score (nSPS) is 12.7. The molecule has 0 spiro atoms. The van der Waals surface area contributed by atoms with Gasteiger partial charge in [-0.1, -0.05) is 30.3 Å². The third kappa shape index (κ3) is 6.28. The molecule has 0 aliphatic carbocycles. The lowest BCUT2D eigenvalue weighted by Gasteiger charge is -2.19. The van der Waals surface area contributed by atoms with Gasteiger partial charge in [0.05, 0.1) is 12.5 Å². The Morgan fingerprint density at radius 2 is 1.82 bits per heavy atom. The first kappa shape index (κ1) is 18.2. The molecule has 0 saturated heterocycles. The van der Waals surface area contributed by atoms with E-state index in [9.17, 15) is 22.8 Å². The largest absolute Gasteiger partial charge is 0.466 e. The lowest BCUT2D eigenvalue weighted by atomic mass is 9.93. The van der Waals surface area contributed by atoms with Gasteiger partial charge in [0.1, 0.15) is 0 Å². The molecule has 1 atom stereocenters. The molecule has 0 fully saturated rings. The molecule has 0 saturated carbocycles. The molecule has 1 aromatic rings. The van der Waals surface area contributed by atoms with Crippen LogP contribution in [-0.2, 0) is 9.53 Å². The molecule has 0 heterocycles. The number of carbonyl (C=O) groups excluding carboxylic acids is 2. The number of hydrogen-bond acceptors (Lipinski definition) is 3. The highest BCUT2D eigenvalue weighted by Gasteiger charge is 2.40. The quantitative estimate of drug-likeness (QED) is 0.534. The van der Waals surface area contributed by atoms with E-state index in [1.54, 1.807) is 25.1 Å². The van der Waals surface area contributed by atoms with E-state index in [4.69, 9.17) is 0 Å². The van der Waals surface area contributed by atoms with Gasteiger partial charge in [-0.3, -0.25) is 9.59 Å². The maximum absolute atomic E-state index is 13.0. The fraction of sp³-hybridized carbons (Fsp3) is 0.500. The topological polar surface area (TPSA) is 43.4 Å². The Kier molecular flexibility index (Phi) is 7.08. The molecular formula is C16H19F3O3. The van der Waals surface area contributed by atoms with Crippen molar-refractivity contribution in [3.8, 4) is 0 Å². The number of benzene rings is 1. The van der Waals surface area contributed by atoms with Crippen LogP contribution in [0.4, 0.5) is 13.2 Å². The van der Waals surface area contributed by atoms with Gasteiger partial charge >= 0.3 is 12.1 Å². The minimum Gasteiger partial charge on any atom is -0.466 e. The van der Waals surface area contributed by atoms with Crippen LogP contribution in [0.15, 0.2) is 30.3 Å². The average Bonchev–Trinajstić information content (AvgIpc) is 2.46. The van der Waals surface area contributed by atoms with Crippen LogP contribution in [0.5, 0.6) is 0 Å². The zero-order valence-electron chi connectivity index (χ0n) is 12.4. The highest BCUT2D eigenvalue weighted by atomic mass is 19.4. The van der Waals surface area contributed by atoms with Crippen molar-refractivity contribution in [3.63, 3.8) is 0 Å². The number of halogens is 3. The molecule has 0 N–H and O–H groups in total. The number of ether oxygens (including phenoxy) is 1. The lowest BCUT2D eigenvalue weighted by molar-refractivity contribution is -0.176. The Morgan fingerprint density at radius 3 is 2.36 bits per heavy atom. The van der Waals surface area contributed by atoms with Crippen molar-refractivity contribution < 1.29 is 27.5 Å². The van der Waals surface area contributed by atoms with Gasteiger partial charge in [-0.05, 0) is 19.8 Å². The van der Waals surface area contributed by atoms with Gasteiger partial charge < -0.3 is 4.74 Å². The van der Waals surface area contributed by atoms with Crippen molar-refractivity contribution in [2.24, 2.45) is 5.92 Å². The average molecular weight is 316 g/mol. The number of Topliss-reactive ketones (excluding diaryl/α,β-unsaturated/α-hetero) is 1. The summed E-state index contributed by atoms with van der Waals surface area (Å²) < 4.78 is 43.7. The summed E-state index contributed by atoms with van der Waals surface area (Å²) in [6.45, 7) is 1.84. The fourth-order valence-corrected chi connectivity index (χ4v) is 2.07. The number of esters is 1. The summed E-state index contributed by atoms with van der Waals surface area (Å²) in [6.07, 6.45) is -5.35. The maximum atomic E-state index is 13.0. The standard InChI is InChI=1S/C16H19F3O3/c1-2-22-15(21)10-6-9-13(16(17,18)19)11-14(20)12-7-4-3-5-8-12/h3-5,7-8,13H,2,6,9-11H2,1H3. The minimum absolute atomic E-state index is 0.0467. The van der Waals surface area contributed by atoms with Crippen molar-refractivity contribution in [3.05, 3.63) is 35.9 Å². The van der Waals surface area contributed by atoms with Crippen LogP contribution in [0, 0.1) is 5.92 Å². The van der Waals surface area contributed by atoms with Gasteiger partial charge in [-0.2, -0.15) is 13.2 Å². The molecule has 1 rings (SSSR count). The van der Waals surface area contributed by atoms with Crippen molar-refractivity contribution in [1.29, 1.82) is 0 Å². The summed E-state index contributed by atoms with van der Waals surface area (Å²) in [7, 11) is 0. The molecule has 0 aliphatic heterocycles. The molecule has 1 unspecified atom stereocenters. The summed E-state index contributed by atoms with van der Waals surface area (Å²) in [6, 6.07) is 7.90. The van der Waals surface area contributed by atoms with E-state index in [1.807, 2.05) is 0 Å². The van der Waals surface area contributed by atoms with Gasteiger partial charge in [0.25, 0.3) is 0 Å². The van der Waals surface area contributed by atoms with Gasteiger partial charge in [-0.25, -0.2) is 0 Å². The van der Waals surface area contributed by atoms with Gasteiger partial charge in [0.15, 0.2) is 5.78 Å². The van der Waals surface area contributed by atoms with E-state index in [2.05, 4.69) is 4.74 Å². The molecule has 0 aliphatic rings. The first-order valence-corrected chi connectivity index (χ1v) is 7.15. The number of rotatable bonds is 8. The van der Waals surface area contributed by atoms with Crippen molar-refractivity contribution in [2.75, 3.05) is 6.61 Å². The van der Waals surface area contributed by atoms with Crippen LogP contribution < -0.4 is 0 Å². The lowest BCUT2D eigenvalue weighted by Crippen LogP contribution is -2.26. The molecule has 0 aromatic heterocycles. The van der Waals surface area contributed by atoms with Crippen LogP contribution in [0.1, 0.15) is 43.0 Å². The highest BCUT2D eigenvalue weighted by molar-refractivity contribution is 5.96. The summed E-state index contributed by atoms with van der Waals surface area (Å²) in [5, 5.41) is 0. The zero-order chi connectivity index (χ0) is 16.6. The van der Waals surface area contributed by atoms with E-state index in [1.165, 1.54) is 12.1 Å². The highest BCUT2D eigenvalue weighted by Crippen LogP contribution is 2.33. The van der Waals surface area contributed by atoms with Crippen LogP contribution >= 0.6 is 0 Å². The Bertz CT molecular complexity index is 483. The second-order valence-corrected chi connectivity index (χ2v) is 4.93. The molecule has 3 nitrogen and oxygen atoms in total. The van der Waals surface area contributed by atoms with Crippen molar-refractivity contribution >= 4 is 11.8 Å². The van der Waals surface area contributed by atoms with Gasteiger partial charge in [-0.15, -0.1) is 0 Å². The summed E-state index contributed by atoms with van der Waals surface area (Å²) in [4.78, 5) is 23.1. The molecule has 0 bridgehead atoms. The number of ketones is 1. The molecule has 122 valence electrons. The van der Waals surface area contributed by atoms with Crippen LogP contribution in [0.3, 0.4) is 0 Å². The smallest absolute Gasteiger partial charge is 0.392 e. The third-order valence-electron chi connectivity index (χ3n) is 3.23. The first-order chi connectivity index (χ1) is 10.3. The molecule has 1 aromatic carbocycles. The second-order valence-electron chi connectivity index (χ2n) is 4.93. The van der Waals surface area contributed by atoms with Gasteiger partial charge in [0.2, 0.25) is 0 Å². The molecule has 0 amide bonds. The fourth-order valence-electron chi connectivity index (χ4n) is 2.07. The van der Waals surface area contributed by atoms with E-state index in [-0.39, 0.29) is 31.4 Å². The molecule has 6 heteroatoms. The predicted octanol–water partition coefficient (Wildman–Crippen LogP) is 4.17. The maximum Gasteiger partial charge on any atom is 0.392 e. The van der Waals surface area contributed by atoms with Gasteiger partial charge in [0, 0.05) is 18.4 Å². The first-order valence-electron chi connectivity index (χ1n) is 7.15. The number of alkyl halides is 3. The Hall–Kier alpha value is -1.85. The van der Waals surface area contributed by atoms with Crippen LogP contribution in [-0.4, -0.2) is 24.5 Å². The van der Waals surface area contributed by atoms with E-state index < -0.39 is 30.3 Å². The van der Waals surface area contributed by atoms with Crippen LogP contribution in [0.25, 0.3) is 0 Å². The van der Waals surface area contributed by atoms with E-state index in [0.29, 0.717) is 0 Å². The number of hydrogen-bond donors (Lipinski definition) is 0. The molecular weight excluding hydrogens is 297 g/mol. The van der Waals surface area contributed by atoms with E-state index in [0.717, 1.165) is 0 Å². The molecule has 0 radical (unpaired) electrons. The molecule has 22 heavy (non-hydrogen) atoms. The summed E-state index contributed by atoms with van der Waals surface area (Å²) >= 11 is 0. The number of carbonyl (C=O) groups is 2. The van der Waals surface area contributed by atoms with Crippen LogP contribution in [0.2, 0.25) is 0 Å². The summed E-state index contributed by atoms with van der Waals surface area (Å²) in [5.41, 5.74) is 0.266. The van der Waals surface area contributed by atoms with Crippen molar-refractivity contribution in [1.82, 2.24) is 0 Å². The zero-order valence-corrected chi connectivity index (χ0v) is 12.4. The Morgan fingerprint density at radius 1 is 1.18 bits per heavy atom. The van der Waals surface area contributed by atoms with Crippen molar-refractivity contribution in [2.45, 2.75) is 38.8 Å². The Balaban J connectivity index is 2.58. The SMILES string of the molecule is CCOC(=O)CCCC(CC(=O)c1ccccc1)C(F)(F)F. The summed E-state index contributed by atoms with van der Waals surface area (Å²) in [5.74, 6) is -2.80. The third-order valence-corrected chi connectivity index (χ3v) is 3.23.